The number of unbranched alkanes of at least 4 members (excludes halogenated alkanes) is 12. The summed E-state index contributed by atoms with van der Waals surface area (Å²) in [5.74, 6) is 0. The summed E-state index contributed by atoms with van der Waals surface area (Å²) in [6.07, 6.45) is 22.1. The number of aliphatic hydroxyl groups excluding tert-OH is 1. The Bertz CT molecular complexity index is 244. The van der Waals surface area contributed by atoms with Crippen molar-refractivity contribution in [3.63, 3.8) is 0 Å². The lowest BCUT2D eigenvalue weighted by Crippen LogP contribution is -2.35. The van der Waals surface area contributed by atoms with Gasteiger partial charge in [-0.05, 0) is 25.8 Å². The van der Waals surface area contributed by atoms with Gasteiger partial charge in [-0.1, -0.05) is 104 Å². The second-order valence-corrected chi connectivity index (χ2v) is 7.80. The molecule has 25 heavy (non-hydrogen) atoms. The van der Waals surface area contributed by atoms with E-state index in [2.05, 4.69) is 25.7 Å². The van der Waals surface area contributed by atoms with Crippen molar-refractivity contribution in [2.24, 2.45) is 0 Å². The van der Waals surface area contributed by atoms with Crippen molar-refractivity contribution in [1.29, 1.82) is 0 Å². The average molecular weight is 356 g/mol. The molecular weight excluding hydrogens is 306 g/mol. The molecule has 0 rings (SSSR count). The molecule has 2 nitrogen and oxygen atoms in total. The Morgan fingerprint density at radius 2 is 1.12 bits per heavy atom. The zero-order valence-corrected chi connectivity index (χ0v) is 17.9. The van der Waals surface area contributed by atoms with Gasteiger partial charge in [0.25, 0.3) is 0 Å². The van der Waals surface area contributed by atoms with Crippen LogP contribution >= 0.6 is 0 Å². The molecule has 0 aliphatic rings. The first-order valence-electron chi connectivity index (χ1n) is 11.6. The van der Waals surface area contributed by atoms with Gasteiger partial charge in [-0.2, -0.15) is 0 Å². The zero-order chi connectivity index (χ0) is 18.6. The fraction of sp³-hybridized carbons (Fsp3) is 1.00. The van der Waals surface area contributed by atoms with Gasteiger partial charge in [-0.25, -0.2) is 0 Å². The molecule has 0 aromatic heterocycles. The maximum Gasteiger partial charge on any atom is 0.0443 e. The highest BCUT2D eigenvalue weighted by Gasteiger charge is 2.13. The van der Waals surface area contributed by atoms with Crippen LogP contribution in [-0.4, -0.2) is 35.7 Å². The summed E-state index contributed by atoms with van der Waals surface area (Å²) in [6.45, 7) is 9.37. The summed E-state index contributed by atoms with van der Waals surface area (Å²) in [6, 6.07) is 0.726. The molecule has 1 N–H and O–H groups in total. The lowest BCUT2D eigenvalue weighted by atomic mass is 10.0. The predicted molar refractivity (Wildman–Crippen MR) is 113 cm³/mol. The third-order valence-electron chi connectivity index (χ3n) is 5.64. The van der Waals surface area contributed by atoms with Crippen molar-refractivity contribution in [2.75, 3.05) is 19.7 Å². The molecule has 0 heterocycles. The number of hydrogen-bond donors (Lipinski definition) is 1. The van der Waals surface area contributed by atoms with Gasteiger partial charge in [-0.3, -0.25) is 0 Å². The SMILES string of the molecule is CCCCCCCCCCCCCCCC(CC)N(CC)CCCO. The predicted octanol–water partition coefficient (Wildman–Crippen LogP) is 6.95. The molecule has 0 amide bonds. The molecule has 0 aromatic carbocycles. The standard InChI is InChI=1S/C23H49NO/c1-4-7-8-9-10-11-12-13-14-15-16-17-18-20-23(5-2)24(6-3)21-19-22-25/h23,25H,4-22H2,1-3H3. The van der Waals surface area contributed by atoms with Crippen molar-refractivity contribution >= 4 is 0 Å². The van der Waals surface area contributed by atoms with Crippen LogP contribution in [0.5, 0.6) is 0 Å². The van der Waals surface area contributed by atoms with E-state index in [1.54, 1.807) is 0 Å². The van der Waals surface area contributed by atoms with Crippen LogP contribution in [0.3, 0.4) is 0 Å². The molecule has 0 aromatic rings. The quantitative estimate of drug-likeness (QED) is 0.239. The summed E-state index contributed by atoms with van der Waals surface area (Å²) >= 11 is 0. The Morgan fingerprint density at radius 1 is 0.640 bits per heavy atom. The second kappa shape index (κ2) is 20.2. The van der Waals surface area contributed by atoms with Crippen LogP contribution in [0, 0.1) is 0 Å². The molecule has 0 aliphatic carbocycles. The average Bonchev–Trinajstić information content (AvgIpc) is 2.64. The summed E-state index contributed by atoms with van der Waals surface area (Å²) in [4.78, 5) is 2.57. The third-order valence-corrected chi connectivity index (χ3v) is 5.64. The molecule has 0 saturated carbocycles. The van der Waals surface area contributed by atoms with Crippen LogP contribution in [0.15, 0.2) is 0 Å². The second-order valence-electron chi connectivity index (χ2n) is 7.80. The Morgan fingerprint density at radius 3 is 1.52 bits per heavy atom. The smallest absolute Gasteiger partial charge is 0.0443 e. The van der Waals surface area contributed by atoms with Crippen LogP contribution in [0.2, 0.25) is 0 Å². The Kier molecular flexibility index (Phi) is 20.2. The van der Waals surface area contributed by atoms with Gasteiger partial charge < -0.3 is 10.0 Å². The van der Waals surface area contributed by atoms with Crippen LogP contribution in [0.4, 0.5) is 0 Å². The monoisotopic (exact) mass is 355 g/mol. The van der Waals surface area contributed by atoms with E-state index >= 15 is 0 Å². The number of hydrogen-bond acceptors (Lipinski definition) is 2. The molecule has 2 heteroatoms. The molecule has 0 spiro atoms. The van der Waals surface area contributed by atoms with E-state index in [1.807, 2.05) is 0 Å². The highest BCUT2D eigenvalue weighted by atomic mass is 16.3. The summed E-state index contributed by atoms with van der Waals surface area (Å²) in [5, 5.41) is 9.04. The first-order chi connectivity index (χ1) is 12.3. The number of nitrogens with zero attached hydrogens (tertiary/aromatic N) is 1. The first kappa shape index (κ1) is 24.9. The highest BCUT2D eigenvalue weighted by Crippen LogP contribution is 2.16. The van der Waals surface area contributed by atoms with Crippen molar-refractivity contribution < 1.29 is 5.11 Å². The molecule has 0 fully saturated rings. The van der Waals surface area contributed by atoms with E-state index in [0.29, 0.717) is 6.61 Å². The van der Waals surface area contributed by atoms with Crippen molar-refractivity contribution in [3.8, 4) is 0 Å². The van der Waals surface area contributed by atoms with Gasteiger partial charge in [0.15, 0.2) is 0 Å². The Labute approximate surface area is 159 Å². The lowest BCUT2D eigenvalue weighted by Gasteiger charge is -2.30. The fourth-order valence-corrected chi connectivity index (χ4v) is 3.92. The lowest BCUT2D eigenvalue weighted by molar-refractivity contribution is 0.167. The van der Waals surface area contributed by atoms with Crippen molar-refractivity contribution in [2.45, 2.75) is 130 Å². The zero-order valence-electron chi connectivity index (χ0n) is 17.9. The minimum atomic E-state index is 0.325. The maximum absolute atomic E-state index is 9.04. The van der Waals surface area contributed by atoms with E-state index in [9.17, 15) is 0 Å². The maximum atomic E-state index is 9.04. The van der Waals surface area contributed by atoms with Crippen LogP contribution in [0.25, 0.3) is 0 Å². The largest absolute Gasteiger partial charge is 0.396 e. The van der Waals surface area contributed by atoms with Gasteiger partial charge in [0.2, 0.25) is 0 Å². The molecular formula is C23H49NO. The van der Waals surface area contributed by atoms with Gasteiger partial charge in [0.1, 0.15) is 0 Å². The molecule has 1 unspecified atom stereocenters. The molecule has 152 valence electrons. The van der Waals surface area contributed by atoms with Crippen LogP contribution < -0.4 is 0 Å². The van der Waals surface area contributed by atoms with Gasteiger partial charge in [0, 0.05) is 19.2 Å². The summed E-state index contributed by atoms with van der Waals surface area (Å²) in [7, 11) is 0. The van der Waals surface area contributed by atoms with Crippen molar-refractivity contribution in [1.82, 2.24) is 4.90 Å². The van der Waals surface area contributed by atoms with Crippen molar-refractivity contribution in [3.05, 3.63) is 0 Å². The Hall–Kier alpha value is -0.0800. The van der Waals surface area contributed by atoms with Gasteiger partial charge in [0.05, 0.1) is 0 Å². The van der Waals surface area contributed by atoms with Gasteiger partial charge in [-0.15, -0.1) is 0 Å². The highest BCUT2D eigenvalue weighted by molar-refractivity contribution is 4.69. The minimum absolute atomic E-state index is 0.325. The molecule has 0 radical (unpaired) electrons. The van der Waals surface area contributed by atoms with E-state index in [-0.39, 0.29) is 0 Å². The van der Waals surface area contributed by atoms with E-state index in [0.717, 1.165) is 25.6 Å². The normalized spacial score (nSPS) is 12.8. The van der Waals surface area contributed by atoms with E-state index < -0.39 is 0 Å². The molecule has 0 aliphatic heterocycles. The minimum Gasteiger partial charge on any atom is -0.396 e. The fourth-order valence-electron chi connectivity index (χ4n) is 3.92. The van der Waals surface area contributed by atoms with Crippen LogP contribution in [0.1, 0.15) is 124 Å². The van der Waals surface area contributed by atoms with Gasteiger partial charge >= 0.3 is 0 Å². The molecule has 0 saturated heterocycles. The Balaban J connectivity index is 3.43. The molecule has 1 atom stereocenters. The summed E-state index contributed by atoms with van der Waals surface area (Å²) in [5.41, 5.74) is 0. The van der Waals surface area contributed by atoms with E-state index in [1.165, 1.54) is 96.3 Å². The van der Waals surface area contributed by atoms with E-state index in [4.69, 9.17) is 5.11 Å². The number of aliphatic hydroxyl groups is 1. The first-order valence-corrected chi connectivity index (χ1v) is 11.6. The van der Waals surface area contributed by atoms with Crippen LogP contribution in [-0.2, 0) is 0 Å². The third kappa shape index (κ3) is 15.9. The topological polar surface area (TPSA) is 23.5 Å². The summed E-state index contributed by atoms with van der Waals surface area (Å²) < 4.78 is 0. The number of rotatable bonds is 20. The molecule has 0 bridgehead atoms.